The number of aromatic nitrogens is 1. The Balaban J connectivity index is 2.08. The minimum absolute atomic E-state index is 0.0771. The Kier molecular flexibility index (Phi) is 5.46. The number of para-hydroxylation sites is 1. The number of ether oxygens (including phenoxy) is 1. The lowest BCUT2D eigenvalue weighted by atomic mass is 10.1. The third-order valence-corrected chi connectivity index (χ3v) is 3.24. The molecule has 1 aromatic carbocycles. The van der Waals surface area contributed by atoms with Crippen molar-refractivity contribution in [1.82, 2.24) is 10.3 Å². The molecule has 122 valence electrons. The van der Waals surface area contributed by atoms with Gasteiger partial charge in [0.2, 0.25) is 0 Å². The number of rotatable bonds is 5. The molecule has 5 nitrogen and oxygen atoms in total. The highest BCUT2D eigenvalue weighted by Gasteiger charge is 2.15. The Hall–Kier alpha value is -2.70. The van der Waals surface area contributed by atoms with E-state index in [1.165, 1.54) is 6.07 Å². The van der Waals surface area contributed by atoms with E-state index in [0.29, 0.717) is 5.56 Å². The van der Waals surface area contributed by atoms with Gasteiger partial charge in [-0.3, -0.25) is 4.98 Å². The zero-order valence-corrected chi connectivity index (χ0v) is 12.7. The summed E-state index contributed by atoms with van der Waals surface area (Å²) in [7, 11) is 0. The Bertz CT molecular complexity index is 666. The predicted octanol–water partition coefficient (Wildman–Crippen LogP) is 3.87. The fourth-order valence-electron chi connectivity index (χ4n) is 2.08. The van der Waals surface area contributed by atoms with Gasteiger partial charge in [-0.25, -0.2) is 4.79 Å². The first kappa shape index (κ1) is 16.7. The average Bonchev–Trinajstić information content (AvgIpc) is 2.51. The third-order valence-electron chi connectivity index (χ3n) is 3.24. The van der Waals surface area contributed by atoms with Crippen molar-refractivity contribution in [2.75, 3.05) is 5.32 Å². The van der Waals surface area contributed by atoms with Gasteiger partial charge in [-0.2, -0.15) is 8.78 Å². The van der Waals surface area contributed by atoms with Crippen LogP contribution in [0.15, 0.2) is 42.7 Å². The summed E-state index contributed by atoms with van der Waals surface area (Å²) in [6.45, 7) is 0.542. The van der Waals surface area contributed by atoms with Crippen LogP contribution in [0.25, 0.3) is 0 Å². The molecule has 1 atom stereocenters. The number of carbonyl (C=O) groups is 1. The predicted molar refractivity (Wildman–Crippen MR) is 82.6 cm³/mol. The van der Waals surface area contributed by atoms with Gasteiger partial charge in [0.25, 0.3) is 0 Å². The summed E-state index contributed by atoms with van der Waals surface area (Å²) in [5.74, 6) is -0.0771. The molecular formula is C16H17F2N3O2. The second-order valence-corrected chi connectivity index (χ2v) is 4.93. The molecule has 1 unspecified atom stereocenters. The molecule has 0 saturated carbocycles. The van der Waals surface area contributed by atoms with Crippen molar-refractivity contribution in [1.29, 1.82) is 0 Å². The number of alkyl halides is 2. The van der Waals surface area contributed by atoms with Crippen LogP contribution in [0.4, 0.5) is 19.3 Å². The second-order valence-electron chi connectivity index (χ2n) is 4.93. The summed E-state index contributed by atoms with van der Waals surface area (Å²) in [5, 5.41) is 5.29. The Labute approximate surface area is 132 Å². The van der Waals surface area contributed by atoms with Gasteiger partial charge in [-0.05, 0) is 43.2 Å². The van der Waals surface area contributed by atoms with Crippen LogP contribution in [0.1, 0.15) is 24.1 Å². The first-order valence-electron chi connectivity index (χ1n) is 6.99. The molecule has 23 heavy (non-hydrogen) atoms. The lowest BCUT2D eigenvalue weighted by molar-refractivity contribution is -0.0493. The molecule has 7 heteroatoms. The van der Waals surface area contributed by atoms with E-state index in [1.54, 1.807) is 43.6 Å². The van der Waals surface area contributed by atoms with Gasteiger partial charge in [0.05, 0.1) is 11.7 Å². The number of anilines is 1. The normalized spacial score (nSPS) is 11.9. The second kappa shape index (κ2) is 7.53. The van der Waals surface area contributed by atoms with E-state index in [0.717, 1.165) is 5.56 Å². The highest BCUT2D eigenvalue weighted by molar-refractivity contribution is 5.92. The highest BCUT2D eigenvalue weighted by atomic mass is 19.3. The van der Waals surface area contributed by atoms with E-state index in [-0.39, 0.29) is 17.5 Å². The van der Waals surface area contributed by atoms with Crippen molar-refractivity contribution in [2.45, 2.75) is 26.5 Å². The number of hydrogen-bond acceptors (Lipinski definition) is 3. The van der Waals surface area contributed by atoms with Crippen molar-refractivity contribution in [3.63, 3.8) is 0 Å². The summed E-state index contributed by atoms with van der Waals surface area (Å²) in [6, 6.07) is 7.44. The topological polar surface area (TPSA) is 63.2 Å². The molecule has 0 aliphatic rings. The molecule has 2 amide bonds. The van der Waals surface area contributed by atoms with Crippen LogP contribution in [-0.4, -0.2) is 17.6 Å². The standard InChI is InChI=1S/C16H17F2N3O2/c1-10-4-3-5-13(23-15(17)18)14(10)21-16(22)20-11(2)12-6-8-19-9-7-12/h3-9,11,15H,1-2H3,(H2,20,21,22). The summed E-state index contributed by atoms with van der Waals surface area (Å²) < 4.78 is 29.3. The fraction of sp³-hybridized carbons (Fsp3) is 0.250. The number of carbonyl (C=O) groups excluding carboxylic acids is 1. The number of halogens is 2. The molecule has 0 aliphatic heterocycles. The van der Waals surface area contributed by atoms with Crippen LogP contribution in [0.3, 0.4) is 0 Å². The Morgan fingerprint density at radius 1 is 1.22 bits per heavy atom. The van der Waals surface area contributed by atoms with Gasteiger partial charge < -0.3 is 15.4 Å². The van der Waals surface area contributed by atoms with Crippen molar-refractivity contribution in [2.24, 2.45) is 0 Å². The first-order chi connectivity index (χ1) is 11.0. The molecule has 0 spiro atoms. The zero-order valence-electron chi connectivity index (χ0n) is 12.7. The lowest BCUT2D eigenvalue weighted by Gasteiger charge is -2.17. The largest absolute Gasteiger partial charge is 0.433 e. The molecular weight excluding hydrogens is 304 g/mol. The van der Waals surface area contributed by atoms with E-state index in [1.807, 2.05) is 6.92 Å². The summed E-state index contributed by atoms with van der Waals surface area (Å²) in [6.07, 6.45) is 3.25. The smallest absolute Gasteiger partial charge is 0.387 e. The number of aryl methyl sites for hydroxylation is 1. The Morgan fingerprint density at radius 2 is 1.91 bits per heavy atom. The van der Waals surface area contributed by atoms with Gasteiger partial charge in [-0.15, -0.1) is 0 Å². The minimum Gasteiger partial charge on any atom is -0.433 e. The molecule has 2 rings (SSSR count). The van der Waals surface area contributed by atoms with Crippen LogP contribution >= 0.6 is 0 Å². The quantitative estimate of drug-likeness (QED) is 0.878. The fourth-order valence-corrected chi connectivity index (χ4v) is 2.08. The van der Waals surface area contributed by atoms with Crippen molar-refractivity contribution in [3.8, 4) is 5.75 Å². The highest BCUT2D eigenvalue weighted by Crippen LogP contribution is 2.29. The van der Waals surface area contributed by atoms with E-state index in [4.69, 9.17) is 0 Å². The van der Waals surface area contributed by atoms with Crippen LogP contribution < -0.4 is 15.4 Å². The molecule has 0 bridgehead atoms. The van der Waals surface area contributed by atoms with Gasteiger partial charge >= 0.3 is 12.6 Å². The average molecular weight is 321 g/mol. The molecule has 0 aliphatic carbocycles. The third kappa shape index (κ3) is 4.64. The maximum Gasteiger partial charge on any atom is 0.387 e. The minimum atomic E-state index is -2.96. The molecule has 1 heterocycles. The number of nitrogens with one attached hydrogen (secondary N) is 2. The maximum atomic E-state index is 12.4. The number of benzene rings is 1. The van der Waals surface area contributed by atoms with Gasteiger partial charge in [0.1, 0.15) is 5.75 Å². The summed E-state index contributed by atoms with van der Waals surface area (Å²) >= 11 is 0. The molecule has 2 N–H and O–H groups in total. The summed E-state index contributed by atoms with van der Waals surface area (Å²) in [5.41, 5.74) is 1.71. The van der Waals surface area contributed by atoms with Crippen LogP contribution in [0.5, 0.6) is 5.75 Å². The van der Waals surface area contributed by atoms with Crippen molar-refractivity contribution >= 4 is 11.7 Å². The van der Waals surface area contributed by atoms with Crippen LogP contribution in [0, 0.1) is 6.92 Å². The number of pyridine rings is 1. The SMILES string of the molecule is Cc1cccc(OC(F)F)c1NC(=O)NC(C)c1ccncc1. The van der Waals surface area contributed by atoms with Crippen LogP contribution in [0.2, 0.25) is 0 Å². The van der Waals surface area contributed by atoms with E-state index in [9.17, 15) is 13.6 Å². The number of hydrogen-bond donors (Lipinski definition) is 2. The van der Waals surface area contributed by atoms with Crippen molar-refractivity contribution < 1.29 is 18.3 Å². The first-order valence-corrected chi connectivity index (χ1v) is 6.99. The molecule has 0 saturated heterocycles. The van der Waals surface area contributed by atoms with Gasteiger partial charge in [0, 0.05) is 12.4 Å². The molecule has 0 fully saturated rings. The molecule has 2 aromatic rings. The van der Waals surface area contributed by atoms with E-state index >= 15 is 0 Å². The lowest BCUT2D eigenvalue weighted by Crippen LogP contribution is -2.31. The van der Waals surface area contributed by atoms with E-state index in [2.05, 4.69) is 20.4 Å². The molecule has 1 aromatic heterocycles. The van der Waals surface area contributed by atoms with Gasteiger partial charge in [0.15, 0.2) is 0 Å². The summed E-state index contributed by atoms with van der Waals surface area (Å²) in [4.78, 5) is 16.0. The monoisotopic (exact) mass is 321 g/mol. The maximum absolute atomic E-state index is 12.4. The number of nitrogens with zero attached hydrogens (tertiary/aromatic N) is 1. The number of amides is 2. The van der Waals surface area contributed by atoms with Gasteiger partial charge in [-0.1, -0.05) is 12.1 Å². The van der Waals surface area contributed by atoms with Crippen molar-refractivity contribution in [3.05, 3.63) is 53.9 Å². The van der Waals surface area contributed by atoms with Crippen LogP contribution in [-0.2, 0) is 0 Å². The zero-order chi connectivity index (χ0) is 16.8. The Morgan fingerprint density at radius 3 is 2.57 bits per heavy atom. The van der Waals surface area contributed by atoms with E-state index < -0.39 is 12.6 Å². The molecule has 0 radical (unpaired) electrons. The number of urea groups is 1.